The van der Waals surface area contributed by atoms with Crippen molar-refractivity contribution in [3.05, 3.63) is 0 Å². The fourth-order valence-corrected chi connectivity index (χ4v) is 2.49. The largest absolute Gasteiger partial charge is 0.387 e. The van der Waals surface area contributed by atoms with Crippen LogP contribution in [0, 0.1) is 17.2 Å². The van der Waals surface area contributed by atoms with E-state index in [1.54, 1.807) is 6.07 Å². The van der Waals surface area contributed by atoms with E-state index in [9.17, 15) is 13.5 Å². The maximum atomic E-state index is 11.3. The molecular formula is C8H14N2O3S. The minimum atomic E-state index is -3.47. The smallest absolute Gasteiger partial charge is 0.227 e. The highest BCUT2D eigenvalue weighted by atomic mass is 32.2. The first-order valence-electron chi connectivity index (χ1n) is 4.39. The van der Waals surface area contributed by atoms with Crippen molar-refractivity contribution in [3.63, 3.8) is 0 Å². The highest BCUT2D eigenvalue weighted by molar-refractivity contribution is 7.89. The molecule has 1 aliphatic rings. The van der Waals surface area contributed by atoms with Gasteiger partial charge in [-0.3, -0.25) is 0 Å². The zero-order valence-corrected chi connectivity index (χ0v) is 9.08. The normalized spacial score (nSPS) is 21.6. The molecule has 0 bridgehead atoms. The van der Waals surface area contributed by atoms with E-state index in [0.29, 0.717) is 0 Å². The number of nitrogens with zero attached hydrogens (tertiary/aromatic N) is 2. The van der Waals surface area contributed by atoms with Crippen LogP contribution >= 0.6 is 0 Å². The van der Waals surface area contributed by atoms with Crippen molar-refractivity contribution < 1.29 is 13.5 Å². The molecule has 1 aliphatic heterocycles. The average Bonchev–Trinajstić information content (AvgIpc) is 1.97. The maximum absolute atomic E-state index is 11.3. The molecule has 0 radical (unpaired) electrons. The molecule has 0 atom stereocenters. The average molecular weight is 218 g/mol. The summed E-state index contributed by atoms with van der Waals surface area (Å²) in [6, 6.07) is 1.60. The summed E-state index contributed by atoms with van der Waals surface area (Å²) >= 11 is 0. The summed E-state index contributed by atoms with van der Waals surface area (Å²) in [6.07, 6.45) is 0. The van der Waals surface area contributed by atoms with E-state index in [0.717, 1.165) is 4.31 Å². The van der Waals surface area contributed by atoms with Crippen molar-refractivity contribution in [2.75, 3.05) is 18.8 Å². The van der Waals surface area contributed by atoms with Crippen LogP contribution in [0.2, 0.25) is 0 Å². The Labute approximate surface area is 84.0 Å². The van der Waals surface area contributed by atoms with E-state index in [1.807, 2.05) is 13.8 Å². The molecule has 0 amide bonds. The zero-order chi connectivity index (χ0) is 11.0. The number of hydrogen-bond acceptors (Lipinski definition) is 4. The van der Waals surface area contributed by atoms with E-state index in [4.69, 9.17) is 5.26 Å². The number of nitriles is 1. The van der Waals surface area contributed by atoms with Gasteiger partial charge in [-0.1, -0.05) is 13.8 Å². The molecule has 5 nitrogen and oxygen atoms in total. The summed E-state index contributed by atoms with van der Waals surface area (Å²) in [5, 5.41) is 18.1. The van der Waals surface area contributed by atoms with Gasteiger partial charge in [0.15, 0.2) is 5.75 Å². The fourth-order valence-electron chi connectivity index (χ4n) is 1.30. The second-order valence-corrected chi connectivity index (χ2v) is 5.91. The quantitative estimate of drug-likeness (QED) is 0.695. The van der Waals surface area contributed by atoms with Crippen molar-refractivity contribution >= 4 is 10.0 Å². The number of aliphatic hydroxyl groups is 1. The van der Waals surface area contributed by atoms with Gasteiger partial charge >= 0.3 is 0 Å². The van der Waals surface area contributed by atoms with E-state index in [2.05, 4.69) is 0 Å². The van der Waals surface area contributed by atoms with Gasteiger partial charge in [0.05, 0.1) is 11.7 Å². The third-order valence-corrected chi connectivity index (χ3v) is 4.15. The Morgan fingerprint density at radius 3 is 2.43 bits per heavy atom. The molecule has 1 saturated heterocycles. The molecule has 0 aromatic rings. The molecule has 1 fully saturated rings. The number of rotatable bonds is 3. The third-order valence-electron chi connectivity index (χ3n) is 2.62. The summed E-state index contributed by atoms with van der Waals surface area (Å²) in [5.74, 6) is -0.489. The Hall–Kier alpha value is -0.640. The van der Waals surface area contributed by atoms with Crippen molar-refractivity contribution in [1.29, 1.82) is 5.26 Å². The summed E-state index contributed by atoms with van der Waals surface area (Å²) in [6.45, 7) is 3.89. The molecule has 1 rings (SSSR count). The SMILES string of the molecule is CC(C)C1(O)CN(S(=O)(=O)CC#N)C1. The summed E-state index contributed by atoms with van der Waals surface area (Å²) in [5.41, 5.74) is -0.914. The Morgan fingerprint density at radius 1 is 1.57 bits per heavy atom. The number of sulfonamides is 1. The molecular weight excluding hydrogens is 204 g/mol. The second-order valence-electron chi connectivity index (χ2n) is 3.94. The van der Waals surface area contributed by atoms with Gasteiger partial charge in [-0.2, -0.15) is 9.57 Å². The van der Waals surface area contributed by atoms with Gasteiger partial charge in [0.2, 0.25) is 10.0 Å². The zero-order valence-electron chi connectivity index (χ0n) is 8.27. The van der Waals surface area contributed by atoms with Gasteiger partial charge in [-0.05, 0) is 5.92 Å². The Kier molecular flexibility index (Phi) is 2.86. The predicted octanol–water partition coefficient (Wildman–Crippen LogP) is -0.458. The Bertz CT molecular complexity index is 349. The Morgan fingerprint density at radius 2 is 2.07 bits per heavy atom. The van der Waals surface area contributed by atoms with Gasteiger partial charge in [0.1, 0.15) is 0 Å². The van der Waals surface area contributed by atoms with Gasteiger partial charge in [-0.25, -0.2) is 8.42 Å². The molecule has 0 aromatic heterocycles. The van der Waals surface area contributed by atoms with E-state index < -0.39 is 21.4 Å². The second kappa shape index (κ2) is 3.50. The monoisotopic (exact) mass is 218 g/mol. The lowest BCUT2D eigenvalue weighted by Crippen LogP contribution is -2.66. The topological polar surface area (TPSA) is 81.4 Å². The van der Waals surface area contributed by atoms with E-state index in [-0.39, 0.29) is 19.0 Å². The van der Waals surface area contributed by atoms with Crippen LogP contribution in [0.1, 0.15) is 13.8 Å². The number of β-amino-alcohol motifs (C(OH)–C–C–N with tert-alkyl or cyclic N) is 1. The number of hydrogen-bond donors (Lipinski definition) is 1. The van der Waals surface area contributed by atoms with Gasteiger partial charge in [-0.15, -0.1) is 0 Å². The summed E-state index contributed by atoms with van der Waals surface area (Å²) < 4.78 is 23.8. The summed E-state index contributed by atoms with van der Waals surface area (Å²) in [7, 11) is -3.47. The van der Waals surface area contributed by atoms with Gasteiger partial charge < -0.3 is 5.11 Å². The lowest BCUT2D eigenvalue weighted by Gasteiger charge is -2.47. The van der Waals surface area contributed by atoms with Crippen molar-refractivity contribution in [2.24, 2.45) is 5.92 Å². The minimum absolute atomic E-state index is 0.0241. The highest BCUT2D eigenvalue weighted by Gasteiger charge is 2.48. The molecule has 14 heavy (non-hydrogen) atoms. The van der Waals surface area contributed by atoms with Crippen molar-refractivity contribution in [1.82, 2.24) is 4.31 Å². The first-order valence-corrected chi connectivity index (χ1v) is 6.00. The maximum Gasteiger partial charge on any atom is 0.227 e. The molecule has 0 aliphatic carbocycles. The molecule has 0 spiro atoms. The van der Waals surface area contributed by atoms with Crippen LogP contribution in [-0.4, -0.2) is 42.3 Å². The molecule has 0 aromatic carbocycles. The third kappa shape index (κ3) is 1.90. The first-order chi connectivity index (χ1) is 6.32. The Balaban J connectivity index is 2.62. The minimum Gasteiger partial charge on any atom is -0.387 e. The molecule has 1 N–H and O–H groups in total. The van der Waals surface area contributed by atoms with E-state index >= 15 is 0 Å². The van der Waals surface area contributed by atoms with Crippen LogP contribution in [0.4, 0.5) is 0 Å². The fraction of sp³-hybridized carbons (Fsp3) is 0.875. The first kappa shape index (κ1) is 11.4. The predicted molar refractivity (Wildman–Crippen MR) is 50.8 cm³/mol. The van der Waals surface area contributed by atoms with Gasteiger partial charge in [0.25, 0.3) is 0 Å². The standard InChI is InChI=1S/C8H14N2O3S/c1-7(2)8(11)5-10(6-8)14(12,13)4-3-9/h7,11H,4-6H2,1-2H3. The molecule has 0 saturated carbocycles. The lowest BCUT2D eigenvalue weighted by molar-refractivity contribution is -0.0931. The molecule has 6 heteroatoms. The summed E-state index contributed by atoms with van der Waals surface area (Å²) in [4.78, 5) is 0. The van der Waals surface area contributed by atoms with E-state index in [1.165, 1.54) is 0 Å². The molecule has 80 valence electrons. The highest BCUT2D eigenvalue weighted by Crippen LogP contribution is 2.30. The van der Waals surface area contributed by atoms with Crippen LogP contribution in [0.5, 0.6) is 0 Å². The molecule has 0 unspecified atom stereocenters. The van der Waals surface area contributed by atoms with Crippen molar-refractivity contribution in [2.45, 2.75) is 19.4 Å². The lowest BCUT2D eigenvalue weighted by atomic mass is 9.85. The van der Waals surface area contributed by atoms with Crippen LogP contribution in [-0.2, 0) is 10.0 Å². The van der Waals surface area contributed by atoms with Crippen LogP contribution < -0.4 is 0 Å². The van der Waals surface area contributed by atoms with Gasteiger partial charge in [0, 0.05) is 13.1 Å². The van der Waals surface area contributed by atoms with Crippen LogP contribution in [0.3, 0.4) is 0 Å². The van der Waals surface area contributed by atoms with Crippen molar-refractivity contribution in [3.8, 4) is 6.07 Å². The van der Waals surface area contributed by atoms with Crippen LogP contribution in [0.25, 0.3) is 0 Å². The van der Waals surface area contributed by atoms with Crippen LogP contribution in [0.15, 0.2) is 0 Å². The molecule has 1 heterocycles.